The molecule has 0 bridgehead atoms. The normalized spacial score (nSPS) is 21.2. The molecular formula is C18H28N2O5S2. The number of rotatable bonds is 8. The first-order valence-corrected chi connectivity index (χ1v) is 11.5. The number of carbonyl (C=O) groups excluding carboxylic acids is 2. The second-order valence-corrected chi connectivity index (χ2v) is 10.5. The Balaban J connectivity index is 1.75. The minimum Gasteiger partial charge on any atom is -0.373 e. The van der Waals surface area contributed by atoms with Crippen LogP contribution in [0, 0.1) is 13.8 Å². The zero-order valence-electron chi connectivity index (χ0n) is 16.3. The number of nitrogens with zero attached hydrogens (tertiary/aromatic N) is 1. The summed E-state index contributed by atoms with van der Waals surface area (Å²) in [4.78, 5) is 26.2. The molecular weight excluding hydrogens is 388 g/mol. The molecule has 2 atom stereocenters. The highest BCUT2D eigenvalue weighted by atomic mass is 32.2. The lowest BCUT2D eigenvalue weighted by molar-refractivity contribution is -0.120. The summed E-state index contributed by atoms with van der Waals surface area (Å²) in [5.41, 5.74) is 0.670. The average molecular weight is 417 g/mol. The van der Waals surface area contributed by atoms with Crippen LogP contribution < -0.4 is 5.32 Å². The van der Waals surface area contributed by atoms with Crippen molar-refractivity contribution >= 4 is 33.1 Å². The Hall–Kier alpha value is -1.29. The topological polar surface area (TPSA) is 92.8 Å². The third-order valence-electron chi connectivity index (χ3n) is 4.38. The highest BCUT2D eigenvalue weighted by Gasteiger charge is 2.30. The van der Waals surface area contributed by atoms with Gasteiger partial charge in [-0.15, -0.1) is 11.3 Å². The Labute approximate surface area is 165 Å². The quantitative estimate of drug-likeness (QED) is 0.653. The van der Waals surface area contributed by atoms with Crippen molar-refractivity contribution in [2.45, 2.75) is 52.7 Å². The van der Waals surface area contributed by atoms with Crippen molar-refractivity contribution in [3.8, 4) is 0 Å². The van der Waals surface area contributed by atoms with Gasteiger partial charge in [0.05, 0.1) is 18.0 Å². The van der Waals surface area contributed by atoms with Crippen LogP contribution in [0.5, 0.6) is 0 Å². The predicted octanol–water partition coefficient (Wildman–Crippen LogP) is 1.88. The van der Waals surface area contributed by atoms with Gasteiger partial charge in [-0.2, -0.15) is 4.31 Å². The van der Waals surface area contributed by atoms with Gasteiger partial charge >= 0.3 is 0 Å². The molecule has 2 rings (SSSR count). The van der Waals surface area contributed by atoms with E-state index >= 15 is 0 Å². The fourth-order valence-electron chi connectivity index (χ4n) is 3.16. The van der Waals surface area contributed by atoms with Crippen LogP contribution in [-0.4, -0.2) is 62.0 Å². The number of sulfonamides is 1. The molecule has 1 N–H and O–H groups in total. The molecule has 9 heteroatoms. The fourth-order valence-corrected chi connectivity index (χ4v) is 5.60. The van der Waals surface area contributed by atoms with Crippen molar-refractivity contribution in [3.05, 3.63) is 21.4 Å². The second kappa shape index (κ2) is 9.27. The van der Waals surface area contributed by atoms with Crippen LogP contribution >= 0.6 is 11.3 Å². The molecule has 1 amide bonds. The Bertz CT molecular complexity index is 778. The molecule has 1 aromatic heterocycles. The number of morpholine rings is 1. The molecule has 7 nitrogen and oxygen atoms in total. The molecule has 152 valence electrons. The number of ketones is 1. The molecule has 0 saturated carbocycles. The van der Waals surface area contributed by atoms with E-state index in [1.807, 2.05) is 33.8 Å². The molecule has 1 saturated heterocycles. The first-order chi connectivity index (χ1) is 12.6. The van der Waals surface area contributed by atoms with Crippen LogP contribution in [0.1, 0.15) is 46.8 Å². The molecule has 0 radical (unpaired) electrons. The maximum atomic E-state index is 12.4. The molecule has 1 aliphatic heterocycles. The van der Waals surface area contributed by atoms with Gasteiger partial charge in [0.2, 0.25) is 15.9 Å². The largest absolute Gasteiger partial charge is 0.373 e. The lowest BCUT2D eigenvalue weighted by Crippen LogP contribution is -2.49. The van der Waals surface area contributed by atoms with Crippen molar-refractivity contribution in [1.29, 1.82) is 0 Å². The van der Waals surface area contributed by atoms with Gasteiger partial charge in [-0.25, -0.2) is 8.42 Å². The summed E-state index contributed by atoms with van der Waals surface area (Å²) in [5, 5.41) is 2.60. The Morgan fingerprint density at radius 1 is 1.22 bits per heavy atom. The lowest BCUT2D eigenvalue weighted by atomic mass is 10.1. The minimum absolute atomic E-state index is 0.0338. The number of hydrogen-bond acceptors (Lipinski definition) is 6. The molecule has 1 aromatic rings. The minimum atomic E-state index is -3.45. The number of ether oxygens (including phenoxy) is 1. The summed E-state index contributed by atoms with van der Waals surface area (Å²) in [6, 6.07) is 1.84. The number of nitrogens with one attached hydrogen (secondary N) is 1. The Morgan fingerprint density at radius 2 is 1.85 bits per heavy atom. The van der Waals surface area contributed by atoms with Gasteiger partial charge in [0.1, 0.15) is 0 Å². The van der Waals surface area contributed by atoms with E-state index in [9.17, 15) is 18.0 Å². The third-order valence-corrected chi connectivity index (χ3v) is 7.15. The van der Waals surface area contributed by atoms with E-state index in [-0.39, 0.29) is 49.0 Å². The monoisotopic (exact) mass is 416 g/mol. The number of carbonyl (C=O) groups is 2. The van der Waals surface area contributed by atoms with Crippen LogP contribution in [0.2, 0.25) is 0 Å². The lowest BCUT2D eigenvalue weighted by Gasteiger charge is -2.34. The van der Waals surface area contributed by atoms with Gasteiger partial charge in [0, 0.05) is 47.8 Å². The predicted molar refractivity (Wildman–Crippen MR) is 106 cm³/mol. The summed E-state index contributed by atoms with van der Waals surface area (Å²) in [7, 11) is -3.45. The number of Topliss-reactive ketones (excluding diaryl/α,β-unsaturated/α-hetero) is 1. The van der Waals surface area contributed by atoms with Crippen molar-refractivity contribution in [2.24, 2.45) is 0 Å². The highest BCUT2D eigenvalue weighted by molar-refractivity contribution is 7.89. The van der Waals surface area contributed by atoms with E-state index < -0.39 is 10.0 Å². The van der Waals surface area contributed by atoms with Gasteiger partial charge in [0.15, 0.2) is 5.78 Å². The highest BCUT2D eigenvalue weighted by Crippen LogP contribution is 2.22. The van der Waals surface area contributed by atoms with Gasteiger partial charge < -0.3 is 10.1 Å². The average Bonchev–Trinajstić information content (AvgIpc) is 2.90. The number of thiophene rings is 1. The van der Waals surface area contributed by atoms with E-state index in [2.05, 4.69) is 5.32 Å². The van der Waals surface area contributed by atoms with Gasteiger partial charge in [-0.1, -0.05) is 0 Å². The summed E-state index contributed by atoms with van der Waals surface area (Å²) in [5.74, 6) is -0.530. The van der Waals surface area contributed by atoms with Crippen LogP contribution in [0.3, 0.4) is 0 Å². The Kier molecular flexibility index (Phi) is 7.55. The molecule has 0 aromatic carbocycles. The fraction of sp³-hybridized carbons (Fsp3) is 0.667. The molecule has 1 aliphatic rings. The molecule has 0 spiro atoms. The van der Waals surface area contributed by atoms with Crippen LogP contribution in [0.25, 0.3) is 0 Å². The molecule has 1 fully saturated rings. The van der Waals surface area contributed by atoms with E-state index in [1.54, 1.807) is 11.3 Å². The first-order valence-electron chi connectivity index (χ1n) is 9.08. The SMILES string of the molecule is Cc1cc(C(=O)CCC(=O)NCCS(=O)(=O)N2C[C@H](C)O[C@@H](C)C2)c(C)s1. The van der Waals surface area contributed by atoms with Crippen molar-refractivity contribution in [3.63, 3.8) is 0 Å². The zero-order chi connectivity index (χ0) is 20.2. The second-order valence-electron chi connectivity index (χ2n) is 6.99. The standard InChI is InChI=1S/C18H28N2O5S2/c1-12-10-20(11-13(2)25-12)27(23,24)8-7-19-18(22)6-5-17(21)16-9-14(3)26-15(16)4/h9,12-13H,5-8,10-11H2,1-4H3,(H,19,22)/t12-,13-/m0/s1. The summed E-state index contributed by atoms with van der Waals surface area (Å²) in [6.45, 7) is 8.21. The van der Waals surface area contributed by atoms with E-state index in [1.165, 1.54) is 4.31 Å². The molecule has 27 heavy (non-hydrogen) atoms. The van der Waals surface area contributed by atoms with E-state index in [0.717, 1.165) is 9.75 Å². The van der Waals surface area contributed by atoms with E-state index in [0.29, 0.717) is 18.7 Å². The van der Waals surface area contributed by atoms with E-state index in [4.69, 9.17) is 4.74 Å². The van der Waals surface area contributed by atoms with Crippen LogP contribution in [-0.2, 0) is 19.6 Å². The zero-order valence-corrected chi connectivity index (χ0v) is 17.9. The van der Waals surface area contributed by atoms with Gasteiger partial charge in [-0.3, -0.25) is 9.59 Å². The maximum absolute atomic E-state index is 12.4. The molecule has 0 unspecified atom stereocenters. The van der Waals surface area contributed by atoms with Crippen molar-refractivity contribution in [2.75, 3.05) is 25.4 Å². The third kappa shape index (κ3) is 6.38. The van der Waals surface area contributed by atoms with Crippen molar-refractivity contribution in [1.82, 2.24) is 9.62 Å². The first kappa shape index (κ1) is 22.0. The number of aryl methyl sites for hydroxylation is 2. The van der Waals surface area contributed by atoms with Crippen molar-refractivity contribution < 1.29 is 22.7 Å². The van der Waals surface area contributed by atoms with Gasteiger partial charge in [-0.05, 0) is 33.8 Å². The summed E-state index contributed by atoms with van der Waals surface area (Å²) < 4.78 is 31.8. The maximum Gasteiger partial charge on any atom is 0.220 e. The smallest absolute Gasteiger partial charge is 0.220 e. The summed E-state index contributed by atoms with van der Waals surface area (Å²) in [6.07, 6.45) is -0.117. The molecule has 2 heterocycles. The van der Waals surface area contributed by atoms with Crippen LogP contribution in [0.15, 0.2) is 6.07 Å². The molecule has 0 aliphatic carbocycles. The number of amides is 1. The van der Waals surface area contributed by atoms with Gasteiger partial charge in [0.25, 0.3) is 0 Å². The van der Waals surface area contributed by atoms with Crippen LogP contribution in [0.4, 0.5) is 0 Å². The summed E-state index contributed by atoms with van der Waals surface area (Å²) >= 11 is 1.56. The number of hydrogen-bond donors (Lipinski definition) is 1. The Morgan fingerprint density at radius 3 is 2.41 bits per heavy atom.